The highest BCUT2D eigenvalue weighted by atomic mass is 16.7. The van der Waals surface area contributed by atoms with Crippen molar-refractivity contribution in [2.24, 2.45) is 5.16 Å². The van der Waals surface area contributed by atoms with Crippen molar-refractivity contribution < 1.29 is 18.7 Å². The van der Waals surface area contributed by atoms with Gasteiger partial charge in [-0.25, -0.2) is 4.79 Å². The van der Waals surface area contributed by atoms with Crippen LogP contribution in [0.15, 0.2) is 62.9 Å². The molecular formula is C21H19NO5. The van der Waals surface area contributed by atoms with E-state index in [2.05, 4.69) is 5.16 Å². The first-order valence-corrected chi connectivity index (χ1v) is 8.67. The van der Waals surface area contributed by atoms with Crippen molar-refractivity contribution in [2.45, 2.75) is 19.4 Å². The number of hydrogen-bond donors (Lipinski definition) is 0. The van der Waals surface area contributed by atoms with Crippen LogP contribution in [0.2, 0.25) is 0 Å². The Kier molecular flexibility index (Phi) is 4.54. The van der Waals surface area contributed by atoms with E-state index in [0.717, 1.165) is 28.0 Å². The van der Waals surface area contributed by atoms with Crippen molar-refractivity contribution in [3.63, 3.8) is 0 Å². The van der Waals surface area contributed by atoms with Crippen LogP contribution >= 0.6 is 0 Å². The van der Waals surface area contributed by atoms with Gasteiger partial charge in [0.15, 0.2) is 6.10 Å². The molecule has 0 radical (unpaired) electrons. The molecule has 1 aliphatic heterocycles. The average molecular weight is 365 g/mol. The molecule has 1 aliphatic rings. The standard InChI is InChI=1S/C21H19NO5/c1-13-9-21(23)26-20-11-16(7-8-18(13)20)25-12-17-10-19(22-27-17)14-3-5-15(24-2)6-4-14/h3-9,11,17H,10,12H2,1-2H3. The van der Waals surface area contributed by atoms with Crippen LogP contribution in [0.3, 0.4) is 0 Å². The van der Waals surface area contributed by atoms with Crippen molar-refractivity contribution in [1.29, 1.82) is 0 Å². The highest BCUT2D eigenvalue weighted by Crippen LogP contribution is 2.24. The molecule has 6 heteroatoms. The number of methoxy groups -OCH3 is 1. The smallest absolute Gasteiger partial charge is 0.336 e. The fourth-order valence-corrected chi connectivity index (χ4v) is 3.06. The summed E-state index contributed by atoms with van der Waals surface area (Å²) in [5.41, 5.74) is 2.91. The second-order valence-electron chi connectivity index (χ2n) is 6.42. The van der Waals surface area contributed by atoms with Crippen molar-refractivity contribution in [3.8, 4) is 11.5 Å². The second-order valence-corrected chi connectivity index (χ2v) is 6.42. The van der Waals surface area contributed by atoms with Gasteiger partial charge in [0.05, 0.1) is 12.8 Å². The third-order valence-electron chi connectivity index (χ3n) is 4.51. The third kappa shape index (κ3) is 3.65. The topological polar surface area (TPSA) is 70.3 Å². The summed E-state index contributed by atoms with van der Waals surface area (Å²) in [5, 5.41) is 5.06. The Morgan fingerprint density at radius 3 is 2.67 bits per heavy atom. The maximum Gasteiger partial charge on any atom is 0.336 e. The fraction of sp³-hybridized carbons (Fsp3) is 0.238. The average Bonchev–Trinajstić information content (AvgIpc) is 3.15. The molecule has 1 unspecified atom stereocenters. The van der Waals surface area contributed by atoms with Crippen molar-refractivity contribution in [3.05, 3.63) is 70.1 Å². The molecule has 27 heavy (non-hydrogen) atoms. The lowest BCUT2D eigenvalue weighted by molar-refractivity contribution is 0.0471. The number of rotatable bonds is 5. The normalized spacial score (nSPS) is 16.1. The second kappa shape index (κ2) is 7.15. The first-order chi connectivity index (χ1) is 13.1. The number of fused-ring (bicyclic) bond motifs is 1. The molecule has 6 nitrogen and oxygen atoms in total. The molecule has 4 rings (SSSR count). The Hall–Kier alpha value is -3.28. The maximum atomic E-state index is 11.5. The molecule has 3 aromatic rings. The highest BCUT2D eigenvalue weighted by molar-refractivity contribution is 6.01. The Bertz CT molecular complexity index is 1050. The summed E-state index contributed by atoms with van der Waals surface area (Å²) in [6.45, 7) is 2.23. The zero-order valence-corrected chi connectivity index (χ0v) is 15.1. The molecule has 0 saturated carbocycles. The molecule has 0 saturated heterocycles. The molecule has 1 aromatic heterocycles. The van der Waals surface area contributed by atoms with Crippen LogP contribution in [0.1, 0.15) is 17.5 Å². The van der Waals surface area contributed by atoms with E-state index in [9.17, 15) is 4.79 Å². The van der Waals surface area contributed by atoms with Gasteiger partial charge in [0.25, 0.3) is 0 Å². The van der Waals surface area contributed by atoms with Gasteiger partial charge in [0.2, 0.25) is 0 Å². The predicted molar refractivity (Wildman–Crippen MR) is 102 cm³/mol. The van der Waals surface area contributed by atoms with Crippen molar-refractivity contribution in [2.75, 3.05) is 13.7 Å². The lowest BCUT2D eigenvalue weighted by atomic mass is 10.1. The van der Waals surface area contributed by atoms with Crippen LogP contribution < -0.4 is 15.1 Å². The number of nitrogens with zero attached hydrogens (tertiary/aromatic N) is 1. The molecule has 138 valence electrons. The molecule has 2 aromatic carbocycles. The summed E-state index contributed by atoms with van der Waals surface area (Å²) in [6.07, 6.45) is 0.496. The summed E-state index contributed by atoms with van der Waals surface area (Å²) in [6, 6.07) is 14.7. The molecule has 0 aliphatic carbocycles. The Morgan fingerprint density at radius 1 is 1.11 bits per heavy atom. The number of aryl methyl sites for hydroxylation is 1. The van der Waals surface area contributed by atoms with E-state index in [4.69, 9.17) is 18.7 Å². The quantitative estimate of drug-likeness (QED) is 0.645. The van der Waals surface area contributed by atoms with Gasteiger partial charge < -0.3 is 18.7 Å². The first-order valence-electron chi connectivity index (χ1n) is 8.67. The van der Waals surface area contributed by atoms with Gasteiger partial charge in [0, 0.05) is 23.9 Å². The molecule has 1 atom stereocenters. The Morgan fingerprint density at radius 2 is 1.89 bits per heavy atom. The molecule has 0 spiro atoms. The van der Waals surface area contributed by atoms with Crippen LogP contribution in [0.4, 0.5) is 0 Å². The molecular weight excluding hydrogens is 346 g/mol. The van der Waals surface area contributed by atoms with Crippen molar-refractivity contribution in [1.82, 2.24) is 0 Å². The summed E-state index contributed by atoms with van der Waals surface area (Å²) in [5.74, 6) is 1.43. The Balaban J connectivity index is 1.40. The van der Waals surface area contributed by atoms with Gasteiger partial charge in [-0.1, -0.05) is 5.16 Å². The van der Waals surface area contributed by atoms with Gasteiger partial charge in [-0.15, -0.1) is 0 Å². The highest BCUT2D eigenvalue weighted by Gasteiger charge is 2.23. The predicted octanol–water partition coefficient (Wildman–Crippen LogP) is 3.68. The number of ether oxygens (including phenoxy) is 2. The van der Waals surface area contributed by atoms with Crippen LogP contribution in [0, 0.1) is 6.92 Å². The van der Waals surface area contributed by atoms with E-state index < -0.39 is 0 Å². The maximum absolute atomic E-state index is 11.5. The summed E-state index contributed by atoms with van der Waals surface area (Å²) in [4.78, 5) is 17.0. The van der Waals surface area contributed by atoms with Gasteiger partial charge >= 0.3 is 5.63 Å². The van der Waals surface area contributed by atoms with Gasteiger partial charge in [-0.2, -0.15) is 0 Å². The van der Waals surface area contributed by atoms with Crippen LogP contribution in [0.25, 0.3) is 11.0 Å². The number of oxime groups is 1. The monoisotopic (exact) mass is 365 g/mol. The third-order valence-corrected chi connectivity index (χ3v) is 4.51. The molecule has 0 N–H and O–H groups in total. The minimum atomic E-state index is -0.367. The van der Waals surface area contributed by atoms with Gasteiger partial charge in [-0.3, -0.25) is 0 Å². The van der Waals surface area contributed by atoms with E-state index in [1.807, 2.05) is 43.3 Å². The molecule has 2 heterocycles. The number of hydrogen-bond acceptors (Lipinski definition) is 6. The largest absolute Gasteiger partial charge is 0.497 e. The van der Waals surface area contributed by atoms with E-state index >= 15 is 0 Å². The fourth-order valence-electron chi connectivity index (χ4n) is 3.06. The minimum absolute atomic E-state index is 0.165. The first kappa shape index (κ1) is 17.1. The van der Waals surface area contributed by atoms with Crippen LogP contribution in [0.5, 0.6) is 11.5 Å². The van der Waals surface area contributed by atoms with E-state index in [1.165, 1.54) is 6.07 Å². The van der Waals surface area contributed by atoms with Gasteiger partial charge in [-0.05, 0) is 54.4 Å². The number of benzene rings is 2. The Labute approximate surface area is 156 Å². The molecule has 0 amide bonds. The lowest BCUT2D eigenvalue weighted by Gasteiger charge is -2.11. The van der Waals surface area contributed by atoms with Crippen molar-refractivity contribution >= 4 is 16.7 Å². The van der Waals surface area contributed by atoms with E-state index in [1.54, 1.807) is 13.2 Å². The zero-order valence-electron chi connectivity index (χ0n) is 15.1. The summed E-state index contributed by atoms with van der Waals surface area (Å²) >= 11 is 0. The minimum Gasteiger partial charge on any atom is -0.497 e. The van der Waals surface area contributed by atoms with Crippen LogP contribution in [-0.2, 0) is 4.84 Å². The molecule has 0 bridgehead atoms. The van der Waals surface area contributed by atoms with E-state index in [0.29, 0.717) is 24.4 Å². The lowest BCUT2D eigenvalue weighted by Crippen LogP contribution is -2.18. The molecule has 0 fully saturated rings. The summed E-state index contributed by atoms with van der Waals surface area (Å²) < 4.78 is 16.2. The SMILES string of the molecule is COc1ccc(C2=NOC(COc3ccc4c(C)cc(=O)oc4c3)C2)cc1. The van der Waals surface area contributed by atoms with Gasteiger partial charge in [0.1, 0.15) is 23.7 Å². The zero-order chi connectivity index (χ0) is 18.8. The summed E-state index contributed by atoms with van der Waals surface area (Å²) in [7, 11) is 1.64. The van der Waals surface area contributed by atoms with Crippen LogP contribution in [-0.4, -0.2) is 25.5 Å². The van der Waals surface area contributed by atoms with E-state index in [-0.39, 0.29) is 11.7 Å².